The molecule has 3 rings (SSSR count). The number of nitrogens with zero attached hydrogens (tertiary/aromatic N) is 2. The Morgan fingerprint density at radius 1 is 1.38 bits per heavy atom. The van der Waals surface area contributed by atoms with Crippen LogP contribution in [0.3, 0.4) is 0 Å². The standard InChI is InChI=1S/C16H23N3O5S2/c1-17-14(20)13-9-12(10-25-13)26(22,23)19-6-4-16(11-19)3-5-18(15(16)21)7-8-24-2/h9-10H,3-8,11H2,1-2H3,(H,17,20). The Morgan fingerprint density at radius 2 is 2.12 bits per heavy atom. The molecule has 2 fully saturated rings. The van der Waals surface area contributed by atoms with Crippen LogP contribution in [0.4, 0.5) is 0 Å². The number of sulfonamides is 1. The molecule has 3 heterocycles. The average Bonchev–Trinajstić information content (AvgIpc) is 3.35. The SMILES string of the molecule is CNC(=O)c1cc(S(=O)(=O)N2CCC3(CCN(CCOC)C3=O)C2)cs1. The predicted molar refractivity (Wildman–Crippen MR) is 96.6 cm³/mol. The molecule has 8 nitrogen and oxygen atoms in total. The maximum Gasteiger partial charge on any atom is 0.261 e. The van der Waals surface area contributed by atoms with Crippen molar-refractivity contribution in [3.63, 3.8) is 0 Å². The fraction of sp³-hybridized carbons (Fsp3) is 0.625. The van der Waals surface area contributed by atoms with E-state index < -0.39 is 15.4 Å². The molecule has 0 bridgehead atoms. The van der Waals surface area contributed by atoms with Crippen molar-refractivity contribution in [2.75, 3.05) is 46.9 Å². The quantitative estimate of drug-likeness (QED) is 0.743. The zero-order valence-corrected chi connectivity index (χ0v) is 16.5. The van der Waals surface area contributed by atoms with Gasteiger partial charge in [0.15, 0.2) is 0 Å². The van der Waals surface area contributed by atoms with Crippen LogP contribution in [0.15, 0.2) is 16.3 Å². The fourth-order valence-electron chi connectivity index (χ4n) is 3.57. The molecule has 1 aromatic heterocycles. The molecule has 2 saturated heterocycles. The van der Waals surface area contributed by atoms with Crippen molar-refractivity contribution in [3.05, 3.63) is 16.3 Å². The van der Waals surface area contributed by atoms with Crippen LogP contribution in [-0.4, -0.2) is 76.4 Å². The van der Waals surface area contributed by atoms with Gasteiger partial charge in [-0.05, 0) is 18.9 Å². The lowest BCUT2D eigenvalue weighted by Crippen LogP contribution is -2.39. The third-order valence-corrected chi connectivity index (χ3v) is 8.05. The number of carbonyl (C=O) groups is 2. The number of hydrogen-bond donors (Lipinski definition) is 1. The van der Waals surface area contributed by atoms with Crippen molar-refractivity contribution in [1.29, 1.82) is 0 Å². The summed E-state index contributed by atoms with van der Waals surface area (Å²) in [6, 6.07) is 1.39. The van der Waals surface area contributed by atoms with Gasteiger partial charge in [-0.15, -0.1) is 11.3 Å². The Labute approximate surface area is 157 Å². The van der Waals surface area contributed by atoms with E-state index in [1.807, 2.05) is 0 Å². The van der Waals surface area contributed by atoms with Crippen LogP contribution >= 0.6 is 11.3 Å². The number of amides is 2. The molecule has 26 heavy (non-hydrogen) atoms. The summed E-state index contributed by atoms with van der Waals surface area (Å²) in [5.41, 5.74) is -0.625. The predicted octanol–water partition coefficient (Wildman–Crippen LogP) is 0.367. The zero-order chi connectivity index (χ0) is 18.9. The van der Waals surface area contributed by atoms with Gasteiger partial charge in [-0.2, -0.15) is 4.31 Å². The number of likely N-dealkylation sites (tertiary alicyclic amines) is 1. The summed E-state index contributed by atoms with van der Waals surface area (Å²) in [5, 5.41) is 3.96. The molecule has 1 unspecified atom stereocenters. The zero-order valence-electron chi connectivity index (χ0n) is 14.9. The lowest BCUT2D eigenvalue weighted by Gasteiger charge is -2.23. The maximum atomic E-state index is 12.9. The summed E-state index contributed by atoms with van der Waals surface area (Å²) in [6.07, 6.45) is 1.19. The Balaban J connectivity index is 1.75. The summed E-state index contributed by atoms with van der Waals surface area (Å²) in [7, 11) is -0.620. The van der Waals surface area contributed by atoms with Crippen LogP contribution in [0.5, 0.6) is 0 Å². The van der Waals surface area contributed by atoms with E-state index in [9.17, 15) is 18.0 Å². The minimum absolute atomic E-state index is 0.0172. The van der Waals surface area contributed by atoms with E-state index in [2.05, 4.69) is 5.32 Å². The highest BCUT2D eigenvalue weighted by atomic mass is 32.2. The summed E-state index contributed by atoms with van der Waals surface area (Å²) in [5.74, 6) is -0.294. The van der Waals surface area contributed by atoms with Gasteiger partial charge in [0.1, 0.15) is 0 Å². The van der Waals surface area contributed by atoms with Crippen LogP contribution in [0.2, 0.25) is 0 Å². The smallest absolute Gasteiger partial charge is 0.261 e. The van der Waals surface area contributed by atoms with E-state index in [1.165, 1.54) is 22.8 Å². The van der Waals surface area contributed by atoms with E-state index in [1.54, 1.807) is 12.0 Å². The first-order valence-corrected chi connectivity index (χ1v) is 10.7. The first-order valence-electron chi connectivity index (χ1n) is 8.43. The third-order valence-electron chi connectivity index (χ3n) is 5.15. The normalized spacial score (nSPS) is 23.9. The van der Waals surface area contributed by atoms with Crippen molar-refractivity contribution in [2.45, 2.75) is 17.7 Å². The summed E-state index contributed by atoms with van der Waals surface area (Å²) < 4.78 is 32.2. The van der Waals surface area contributed by atoms with Crippen molar-refractivity contribution in [1.82, 2.24) is 14.5 Å². The number of thiophene rings is 1. The van der Waals surface area contributed by atoms with Crippen LogP contribution in [-0.2, 0) is 19.6 Å². The molecule has 1 N–H and O–H groups in total. The van der Waals surface area contributed by atoms with Crippen LogP contribution in [0, 0.1) is 5.41 Å². The Hall–Kier alpha value is -1.49. The second kappa shape index (κ2) is 7.26. The van der Waals surface area contributed by atoms with Gasteiger partial charge in [0, 0.05) is 45.7 Å². The molecule has 1 aromatic rings. The second-order valence-corrected chi connectivity index (χ2v) is 9.48. The van der Waals surface area contributed by atoms with Crippen LogP contribution < -0.4 is 5.32 Å². The molecule has 144 valence electrons. The van der Waals surface area contributed by atoms with Gasteiger partial charge in [0.05, 0.1) is 21.8 Å². The highest BCUT2D eigenvalue weighted by Gasteiger charge is 2.52. The average molecular weight is 402 g/mol. The van der Waals surface area contributed by atoms with Crippen molar-refractivity contribution in [2.24, 2.45) is 5.41 Å². The van der Waals surface area contributed by atoms with Gasteiger partial charge in [-0.25, -0.2) is 8.42 Å². The molecule has 2 aliphatic heterocycles. The molecule has 0 radical (unpaired) electrons. The van der Waals surface area contributed by atoms with Gasteiger partial charge < -0.3 is 15.0 Å². The molecular formula is C16H23N3O5S2. The molecule has 2 amide bonds. The van der Waals surface area contributed by atoms with Crippen LogP contribution in [0.25, 0.3) is 0 Å². The molecule has 1 atom stereocenters. The monoisotopic (exact) mass is 401 g/mol. The van der Waals surface area contributed by atoms with E-state index in [4.69, 9.17) is 4.74 Å². The van der Waals surface area contributed by atoms with E-state index in [-0.39, 0.29) is 23.3 Å². The molecule has 0 saturated carbocycles. The summed E-state index contributed by atoms with van der Waals surface area (Å²) in [4.78, 5) is 26.7. The van der Waals surface area contributed by atoms with E-state index >= 15 is 0 Å². The van der Waals surface area contributed by atoms with Crippen molar-refractivity contribution >= 4 is 33.2 Å². The van der Waals surface area contributed by atoms with E-state index in [0.29, 0.717) is 44.0 Å². The van der Waals surface area contributed by atoms with Gasteiger partial charge in [0.2, 0.25) is 15.9 Å². The lowest BCUT2D eigenvalue weighted by atomic mass is 9.86. The number of carbonyl (C=O) groups excluding carboxylic acids is 2. The number of rotatable bonds is 6. The molecule has 1 spiro atoms. The van der Waals surface area contributed by atoms with Crippen LogP contribution in [0.1, 0.15) is 22.5 Å². The number of hydrogen-bond acceptors (Lipinski definition) is 6. The highest BCUT2D eigenvalue weighted by molar-refractivity contribution is 7.89. The number of ether oxygens (including phenoxy) is 1. The Bertz CT molecular complexity index is 807. The minimum atomic E-state index is -3.71. The highest BCUT2D eigenvalue weighted by Crippen LogP contribution is 2.42. The first kappa shape index (κ1) is 19.3. The van der Waals surface area contributed by atoms with Gasteiger partial charge in [-0.3, -0.25) is 9.59 Å². The maximum absolute atomic E-state index is 12.9. The number of nitrogens with one attached hydrogen (secondary N) is 1. The molecular weight excluding hydrogens is 378 g/mol. The summed E-state index contributed by atoms with van der Waals surface area (Å²) in [6.45, 7) is 2.15. The first-order chi connectivity index (χ1) is 12.3. The van der Waals surface area contributed by atoms with Gasteiger partial charge in [-0.1, -0.05) is 0 Å². The minimum Gasteiger partial charge on any atom is -0.383 e. The molecule has 0 aliphatic carbocycles. The Morgan fingerprint density at radius 3 is 2.81 bits per heavy atom. The fourth-order valence-corrected chi connectivity index (χ4v) is 6.31. The second-order valence-electron chi connectivity index (χ2n) is 6.63. The van der Waals surface area contributed by atoms with Gasteiger partial charge >= 0.3 is 0 Å². The Kier molecular flexibility index (Phi) is 5.38. The lowest BCUT2D eigenvalue weighted by molar-refractivity contribution is -0.135. The topological polar surface area (TPSA) is 96.0 Å². The molecule has 0 aromatic carbocycles. The third kappa shape index (κ3) is 3.26. The van der Waals surface area contributed by atoms with Crippen molar-refractivity contribution in [3.8, 4) is 0 Å². The van der Waals surface area contributed by atoms with Crippen molar-refractivity contribution < 1.29 is 22.7 Å². The number of methoxy groups -OCH3 is 1. The van der Waals surface area contributed by atoms with E-state index in [0.717, 1.165) is 11.3 Å². The van der Waals surface area contributed by atoms with Gasteiger partial charge in [0.25, 0.3) is 5.91 Å². The largest absolute Gasteiger partial charge is 0.383 e. The molecule has 2 aliphatic rings. The summed E-state index contributed by atoms with van der Waals surface area (Å²) >= 11 is 1.09. The molecule has 10 heteroatoms.